The topological polar surface area (TPSA) is 62.5 Å². The van der Waals surface area contributed by atoms with Crippen LogP contribution in [0.1, 0.15) is 12.1 Å². The fourth-order valence-corrected chi connectivity index (χ4v) is 2.35. The average molecular weight is 374 g/mol. The summed E-state index contributed by atoms with van der Waals surface area (Å²) in [5.41, 5.74) is 1.87. The van der Waals surface area contributed by atoms with Crippen molar-refractivity contribution in [2.24, 2.45) is 0 Å². The van der Waals surface area contributed by atoms with Crippen molar-refractivity contribution in [3.8, 4) is 11.5 Å². The third-order valence-corrected chi connectivity index (χ3v) is 3.37. The summed E-state index contributed by atoms with van der Waals surface area (Å²) in [6.45, 7) is 3.50. The maximum Gasteiger partial charge on any atom is 0.171 e. The maximum absolute atomic E-state index is 10.3. The van der Waals surface area contributed by atoms with E-state index in [-0.39, 0.29) is 38.8 Å². The van der Waals surface area contributed by atoms with E-state index < -0.39 is 0 Å². The van der Waals surface area contributed by atoms with Crippen molar-refractivity contribution in [2.45, 2.75) is 19.4 Å². The number of aryl methyl sites for hydroxylation is 1. The van der Waals surface area contributed by atoms with Gasteiger partial charge < -0.3 is 19.6 Å². The summed E-state index contributed by atoms with van der Waals surface area (Å²) in [6.07, 6.45) is 1.21. The number of hydrogen-bond donors (Lipinski definition) is 0. The molecule has 1 atom stereocenters. The van der Waals surface area contributed by atoms with E-state index in [0.717, 1.165) is 34.4 Å². The first kappa shape index (κ1) is 17.3. The zero-order valence-electron chi connectivity index (χ0n) is 12.5. The van der Waals surface area contributed by atoms with Gasteiger partial charge in [0.25, 0.3) is 0 Å². The van der Waals surface area contributed by atoms with Gasteiger partial charge in [-0.15, -0.1) is 13.1 Å². The van der Waals surface area contributed by atoms with Gasteiger partial charge in [0.2, 0.25) is 0 Å². The van der Waals surface area contributed by atoms with Crippen LogP contribution in [0.5, 0.6) is 11.5 Å². The first-order valence-corrected chi connectivity index (χ1v) is 7.04. The molecule has 0 bridgehead atoms. The molecule has 1 aliphatic heterocycles. The molecule has 6 heteroatoms. The Hall–Kier alpha value is -1.04. The maximum atomic E-state index is 10.3. The van der Waals surface area contributed by atoms with E-state index in [1.165, 1.54) is 0 Å². The monoisotopic (exact) mass is 374 g/mol. The summed E-state index contributed by atoms with van der Waals surface area (Å²) in [4.78, 5) is 14.8. The van der Waals surface area contributed by atoms with Crippen molar-refractivity contribution < 1.29 is 47.0 Å². The number of hydrogen-bond acceptors (Lipinski definition) is 4. The van der Waals surface area contributed by atoms with Crippen LogP contribution >= 0.6 is 0 Å². The number of ether oxygens (including phenoxy) is 2. The fraction of sp³-hybridized carbons (Fsp3) is 0.375. The molecule has 1 radical (unpaired) electrons. The van der Waals surface area contributed by atoms with Gasteiger partial charge >= 0.3 is 0 Å². The Morgan fingerprint density at radius 3 is 3.05 bits per heavy atom. The summed E-state index contributed by atoms with van der Waals surface area (Å²) in [5, 5.41) is 5.25. The minimum absolute atomic E-state index is 0. The fourth-order valence-electron chi connectivity index (χ4n) is 2.35. The van der Waals surface area contributed by atoms with Gasteiger partial charge in [-0.25, -0.2) is 0 Å². The molecule has 3 rings (SSSR count). The number of aromatic nitrogens is 1. The molecule has 1 aliphatic rings. The molecule has 0 unspecified atom stereocenters. The number of fused-ring (bicyclic) bond motifs is 3. The Bertz CT molecular complexity index is 663. The Labute approximate surface area is 154 Å². The van der Waals surface area contributed by atoms with Crippen LogP contribution in [0.2, 0.25) is 0 Å². The Kier molecular flexibility index (Phi) is 6.30. The number of nitrogens with zero attached hydrogens (tertiary/aromatic N) is 2. The van der Waals surface area contributed by atoms with Gasteiger partial charge in [-0.3, -0.25) is 4.98 Å². The number of carbonyl (C=O) groups excluding carboxylic acids is 1. The van der Waals surface area contributed by atoms with Crippen LogP contribution in [-0.2, 0) is 37.5 Å². The van der Waals surface area contributed by atoms with Crippen LogP contribution in [0, 0.1) is 6.92 Å². The van der Waals surface area contributed by atoms with E-state index in [0.29, 0.717) is 26.1 Å². The van der Waals surface area contributed by atoms with E-state index in [2.05, 4.69) is 10.3 Å². The number of benzene rings is 1. The van der Waals surface area contributed by atoms with Crippen molar-refractivity contribution in [2.75, 3.05) is 19.7 Å². The largest absolute Gasteiger partial charge is 0.659 e. The van der Waals surface area contributed by atoms with Crippen molar-refractivity contribution in [1.29, 1.82) is 0 Å². The second-order valence-corrected chi connectivity index (χ2v) is 5.05. The predicted molar refractivity (Wildman–Crippen MR) is 80.2 cm³/mol. The molecule has 22 heavy (non-hydrogen) atoms. The standard InChI is InChI=1S/C16H17N2O3.Y/c1-11-3-4-13-14(18-11)5-6-15-16(13)21-12(10-20-15)9-17-7-2-8-19;/h3-6,8,12H,2,7,9-10H2,1H3;/q-1;/t12-;/m0./s1. The Balaban J connectivity index is 0.00000176. The molecular formula is C16H17N2O3Y-. The van der Waals surface area contributed by atoms with Gasteiger partial charge in [-0.2, -0.15) is 0 Å². The molecule has 0 N–H and O–H groups in total. The van der Waals surface area contributed by atoms with Crippen LogP contribution in [0.3, 0.4) is 0 Å². The third kappa shape index (κ3) is 3.83. The number of pyridine rings is 1. The molecule has 0 saturated heterocycles. The Morgan fingerprint density at radius 1 is 1.36 bits per heavy atom. The Morgan fingerprint density at radius 2 is 2.23 bits per heavy atom. The summed E-state index contributed by atoms with van der Waals surface area (Å²) < 4.78 is 11.8. The molecule has 2 heterocycles. The van der Waals surface area contributed by atoms with Crippen molar-refractivity contribution >= 4 is 17.2 Å². The van der Waals surface area contributed by atoms with E-state index >= 15 is 0 Å². The molecule has 0 saturated carbocycles. The minimum atomic E-state index is -0.115. The van der Waals surface area contributed by atoms with Gasteiger partial charge in [-0.05, 0) is 37.6 Å². The van der Waals surface area contributed by atoms with Crippen LogP contribution in [0.15, 0.2) is 24.3 Å². The number of aldehydes is 1. The normalized spacial score (nSPS) is 16.1. The smallest absolute Gasteiger partial charge is 0.171 e. The molecule has 0 fully saturated rings. The van der Waals surface area contributed by atoms with E-state index in [1.807, 2.05) is 31.2 Å². The molecule has 1 aromatic carbocycles. The summed E-state index contributed by atoms with van der Waals surface area (Å²) >= 11 is 0. The SMILES string of the molecule is Cc1ccc2c3c(ccc2n1)OC[C@H](C[N-]CCC=O)O3.[Y]. The zero-order chi connectivity index (χ0) is 14.7. The third-order valence-electron chi connectivity index (χ3n) is 3.37. The zero-order valence-corrected chi connectivity index (χ0v) is 15.3. The molecular weight excluding hydrogens is 357 g/mol. The van der Waals surface area contributed by atoms with Crippen LogP contribution in [-0.4, -0.2) is 37.1 Å². The second-order valence-electron chi connectivity index (χ2n) is 5.05. The molecule has 113 valence electrons. The summed E-state index contributed by atoms with van der Waals surface area (Å²) in [7, 11) is 0. The molecule has 1 aromatic heterocycles. The molecule has 0 aliphatic carbocycles. The van der Waals surface area contributed by atoms with E-state index in [4.69, 9.17) is 9.47 Å². The predicted octanol–water partition coefficient (Wildman–Crippen LogP) is 2.64. The van der Waals surface area contributed by atoms with Gasteiger partial charge in [0.05, 0.1) is 5.52 Å². The summed E-state index contributed by atoms with van der Waals surface area (Å²) in [6, 6.07) is 7.80. The van der Waals surface area contributed by atoms with Crippen molar-refractivity contribution in [3.63, 3.8) is 0 Å². The van der Waals surface area contributed by atoms with Gasteiger partial charge in [0.15, 0.2) is 11.5 Å². The minimum Gasteiger partial charge on any atom is -0.659 e. The molecule has 2 aromatic rings. The van der Waals surface area contributed by atoms with Crippen LogP contribution < -0.4 is 9.47 Å². The molecule has 5 nitrogen and oxygen atoms in total. The van der Waals surface area contributed by atoms with Crippen LogP contribution in [0.25, 0.3) is 16.2 Å². The van der Waals surface area contributed by atoms with Gasteiger partial charge in [0.1, 0.15) is 19.0 Å². The molecule has 0 spiro atoms. The number of rotatable bonds is 5. The first-order valence-electron chi connectivity index (χ1n) is 7.04. The van der Waals surface area contributed by atoms with Gasteiger partial charge in [-0.1, -0.05) is 0 Å². The molecule has 0 amide bonds. The van der Waals surface area contributed by atoms with Crippen molar-refractivity contribution in [3.05, 3.63) is 35.3 Å². The average Bonchev–Trinajstić information content (AvgIpc) is 2.51. The summed E-state index contributed by atoms with van der Waals surface area (Å²) in [5.74, 6) is 1.49. The number of carbonyl (C=O) groups is 1. The van der Waals surface area contributed by atoms with Crippen molar-refractivity contribution in [1.82, 2.24) is 4.98 Å². The first-order chi connectivity index (χ1) is 10.3. The van der Waals surface area contributed by atoms with E-state index in [1.54, 1.807) is 0 Å². The quantitative estimate of drug-likeness (QED) is 0.596. The van der Waals surface area contributed by atoms with Crippen LogP contribution in [0.4, 0.5) is 0 Å². The second kappa shape index (κ2) is 8.00. The van der Waals surface area contributed by atoms with E-state index in [9.17, 15) is 4.79 Å². The van der Waals surface area contributed by atoms with Gasteiger partial charge in [0, 0.05) is 43.8 Å².